The first kappa shape index (κ1) is 13.8. The van der Waals surface area contributed by atoms with Crippen molar-refractivity contribution in [3.05, 3.63) is 57.3 Å². The van der Waals surface area contributed by atoms with Gasteiger partial charge in [-0.05, 0) is 43.5 Å². The molecule has 0 bridgehead atoms. The molecular formula is C16H18N2S. The predicted molar refractivity (Wildman–Crippen MR) is 80.2 cm³/mol. The van der Waals surface area contributed by atoms with Crippen molar-refractivity contribution >= 4 is 11.3 Å². The predicted octanol–water partition coefficient (Wildman–Crippen LogP) is 3.65. The maximum atomic E-state index is 8.79. The SMILES string of the molecule is Cc1ccccc1CC(C)NCc1ccc(C#N)s1. The van der Waals surface area contributed by atoms with E-state index in [0.717, 1.165) is 17.8 Å². The van der Waals surface area contributed by atoms with Crippen molar-refractivity contribution < 1.29 is 0 Å². The lowest BCUT2D eigenvalue weighted by Gasteiger charge is -2.14. The second kappa shape index (κ2) is 6.51. The van der Waals surface area contributed by atoms with Crippen LogP contribution in [0.3, 0.4) is 0 Å². The largest absolute Gasteiger partial charge is 0.309 e. The Morgan fingerprint density at radius 2 is 2.05 bits per heavy atom. The van der Waals surface area contributed by atoms with Crippen LogP contribution in [0.4, 0.5) is 0 Å². The van der Waals surface area contributed by atoms with Gasteiger partial charge in [-0.15, -0.1) is 11.3 Å². The van der Waals surface area contributed by atoms with Crippen molar-refractivity contribution in [2.45, 2.75) is 32.9 Å². The van der Waals surface area contributed by atoms with Crippen molar-refractivity contribution in [3.63, 3.8) is 0 Å². The van der Waals surface area contributed by atoms with Gasteiger partial charge in [0.2, 0.25) is 0 Å². The monoisotopic (exact) mass is 270 g/mol. The summed E-state index contributed by atoms with van der Waals surface area (Å²) < 4.78 is 0. The molecule has 0 spiro atoms. The highest BCUT2D eigenvalue weighted by molar-refractivity contribution is 7.12. The molecule has 0 saturated heterocycles. The van der Waals surface area contributed by atoms with Gasteiger partial charge in [-0.1, -0.05) is 24.3 Å². The second-order valence-electron chi connectivity index (χ2n) is 4.79. The fourth-order valence-electron chi connectivity index (χ4n) is 2.05. The van der Waals surface area contributed by atoms with Crippen LogP contribution in [0.2, 0.25) is 0 Å². The average Bonchev–Trinajstić information content (AvgIpc) is 2.87. The van der Waals surface area contributed by atoms with Gasteiger partial charge in [0.1, 0.15) is 10.9 Å². The molecule has 2 rings (SSSR count). The first-order chi connectivity index (χ1) is 9.19. The van der Waals surface area contributed by atoms with Crippen LogP contribution in [0.5, 0.6) is 0 Å². The zero-order valence-corrected chi connectivity index (χ0v) is 12.1. The van der Waals surface area contributed by atoms with E-state index in [1.807, 2.05) is 12.1 Å². The first-order valence-corrected chi connectivity index (χ1v) is 7.27. The number of nitrogens with one attached hydrogen (secondary N) is 1. The number of nitriles is 1. The Morgan fingerprint density at radius 3 is 2.74 bits per heavy atom. The van der Waals surface area contributed by atoms with Gasteiger partial charge >= 0.3 is 0 Å². The molecule has 0 amide bonds. The van der Waals surface area contributed by atoms with E-state index in [-0.39, 0.29) is 0 Å². The van der Waals surface area contributed by atoms with Crippen LogP contribution in [0.25, 0.3) is 0 Å². The molecule has 19 heavy (non-hydrogen) atoms. The molecule has 2 nitrogen and oxygen atoms in total. The van der Waals surface area contributed by atoms with Gasteiger partial charge in [-0.25, -0.2) is 0 Å². The van der Waals surface area contributed by atoms with Crippen LogP contribution >= 0.6 is 11.3 Å². The number of aryl methyl sites for hydroxylation is 1. The molecule has 0 radical (unpaired) electrons. The third kappa shape index (κ3) is 3.92. The number of rotatable bonds is 5. The summed E-state index contributed by atoms with van der Waals surface area (Å²) >= 11 is 1.56. The van der Waals surface area contributed by atoms with Gasteiger partial charge in [-0.3, -0.25) is 0 Å². The normalized spacial score (nSPS) is 12.1. The van der Waals surface area contributed by atoms with E-state index >= 15 is 0 Å². The highest BCUT2D eigenvalue weighted by Gasteiger charge is 2.06. The molecule has 1 aromatic carbocycles. The van der Waals surface area contributed by atoms with Crippen LogP contribution in [-0.2, 0) is 13.0 Å². The Kier molecular flexibility index (Phi) is 4.73. The van der Waals surface area contributed by atoms with E-state index < -0.39 is 0 Å². The molecule has 0 aliphatic rings. The Morgan fingerprint density at radius 1 is 1.26 bits per heavy atom. The Balaban J connectivity index is 1.87. The molecule has 0 fully saturated rings. The van der Waals surface area contributed by atoms with E-state index in [4.69, 9.17) is 5.26 Å². The lowest BCUT2D eigenvalue weighted by atomic mass is 10.0. The molecule has 3 heteroatoms. The highest BCUT2D eigenvalue weighted by atomic mass is 32.1. The van der Waals surface area contributed by atoms with E-state index in [2.05, 4.69) is 49.5 Å². The summed E-state index contributed by atoms with van der Waals surface area (Å²) in [4.78, 5) is 2.00. The van der Waals surface area contributed by atoms with Gasteiger partial charge in [-0.2, -0.15) is 5.26 Å². The quantitative estimate of drug-likeness (QED) is 0.900. The fourth-order valence-corrected chi connectivity index (χ4v) is 2.80. The molecule has 1 atom stereocenters. The standard InChI is InChI=1S/C16H18N2S/c1-12-5-3-4-6-14(12)9-13(2)18-11-16-8-7-15(10-17)19-16/h3-8,13,18H,9,11H2,1-2H3. The Labute approximate surface area is 118 Å². The summed E-state index contributed by atoms with van der Waals surface area (Å²) in [5.74, 6) is 0. The lowest BCUT2D eigenvalue weighted by molar-refractivity contribution is 0.548. The molecular weight excluding hydrogens is 252 g/mol. The zero-order chi connectivity index (χ0) is 13.7. The van der Waals surface area contributed by atoms with Crippen molar-refractivity contribution in [2.24, 2.45) is 0 Å². The molecule has 1 heterocycles. The van der Waals surface area contributed by atoms with E-state index in [1.165, 1.54) is 16.0 Å². The molecule has 0 aliphatic carbocycles. The molecule has 1 aromatic heterocycles. The summed E-state index contributed by atoms with van der Waals surface area (Å²) in [6.07, 6.45) is 1.03. The van der Waals surface area contributed by atoms with Gasteiger partial charge in [0.25, 0.3) is 0 Å². The fraction of sp³-hybridized carbons (Fsp3) is 0.312. The van der Waals surface area contributed by atoms with Gasteiger partial charge in [0.05, 0.1) is 0 Å². The minimum atomic E-state index is 0.425. The maximum Gasteiger partial charge on any atom is 0.110 e. The number of nitrogens with zero attached hydrogens (tertiary/aromatic N) is 1. The summed E-state index contributed by atoms with van der Waals surface area (Å²) in [6.45, 7) is 5.19. The Bertz CT molecular complexity index is 580. The second-order valence-corrected chi connectivity index (χ2v) is 5.96. The molecule has 98 valence electrons. The van der Waals surface area contributed by atoms with Gasteiger partial charge in [0.15, 0.2) is 0 Å². The van der Waals surface area contributed by atoms with Crippen LogP contribution in [0, 0.1) is 18.3 Å². The Hall–Kier alpha value is -1.63. The van der Waals surface area contributed by atoms with E-state index in [9.17, 15) is 0 Å². The molecule has 2 aromatic rings. The van der Waals surface area contributed by atoms with Gasteiger partial charge < -0.3 is 5.32 Å². The van der Waals surface area contributed by atoms with Crippen molar-refractivity contribution in [3.8, 4) is 6.07 Å². The van der Waals surface area contributed by atoms with Crippen molar-refractivity contribution in [2.75, 3.05) is 0 Å². The topological polar surface area (TPSA) is 35.8 Å². The zero-order valence-electron chi connectivity index (χ0n) is 11.3. The summed E-state index contributed by atoms with van der Waals surface area (Å²) in [7, 11) is 0. The van der Waals surface area contributed by atoms with Crippen LogP contribution in [-0.4, -0.2) is 6.04 Å². The molecule has 0 aliphatic heterocycles. The summed E-state index contributed by atoms with van der Waals surface area (Å²) in [5, 5.41) is 12.3. The van der Waals surface area contributed by atoms with Crippen molar-refractivity contribution in [1.29, 1.82) is 5.26 Å². The summed E-state index contributed by atoms with van der Waals surface area (Å²) in [6, 6.07) is 15.0. The van der Waals surface area contributed by atoms with Crippen molar-refractivity contribution in [1.82, 2.24) is 5.32 Å². The van der Waals surface area contributed by atoms with E-state index in [1.54, 1.807) is 11.3 Å². The van der Waals surface area contributed by atoms with E-state index in [0.29, 0.717) is 6.04 Å². The van der Waals surface area contributed by atoms with Crippen LogP contribution < -0.4 is 5.32 Å². The minimum absolute atomic E-state index is 0.425. The number of benzene rings is 1. The molecule has 1 unspecified atom stereocenters. The number of hydrogen-bond donors (Lipinski definition) is 1. The third-order valence-corrected chi connectivity index (χ3v) is 4.17. The van der Waals surface area contributed by atoms with Gasteiger partial charge in [0, 0.05) is 17.5 Å². The highest BCUT2D eigenvalue weighted by Crippen LogP contribution is 2.15. The minimum Gasteiger partial charge on any atom is -0.309 e. The first-order valence-electron chi connectivity index (χ1n) is 6.45. The average molecular weight is 270 g/mol. The molecule has 1 N–H and O–H groups in total. The number of hydrogen-bond acceptors (Lipinski definition) is 3. The third-order valence-electron chi connectivity index (χ3n) is 3.18. The summed E-state index contributed by atoms with van der Waals surface area (Å²) in [5.41, 5.74) is 2.74. The number of thiophene rings is 1. The lowest BCUT2D eigenvalue weighted by Crippen LogP contribution is -2.27. The smallest absolute Gasteiger partial charge is 0.110 e. The van der Waals surface area contributed by atoms with Crippen LogP contribution in [0.15, 0.2) is 36.4 Å². The maximum absolute atomic E-state index is 8.79. The van der Waals surface area contributed by atoms with Crippen LogP contribution in [0.1, 0.15) is 27.8 Å². The molecule has 0 saturated carbocycles.